The van der Waals surface area contributed by atoms with Gasteiger partial charge in [-0.3, -0.25) is 4.98 Å². The molecule has 0 aliphatic carbocycles. The monoisotopic (exact) mass is 177 g/mol. The second-order valence-electron chi connectivity index (χ2n) is 3.03. The van der Waals surface area contributed by atoms with Crippen LogP contribution in [0.15, 0.2) is 16.5 Å². The van der Waals surface area contributed by atoms with Crippen LogP contribution < -0.4 is 4.74 Å². The third-order valence-corrected chi connectivity index (χ3v) is 2.01. The molecule has 0 aliphatic rings. The smallest absolute Gasteiger partial charge is 0.285 e. The van der Waals surface area contributed by atoms with Gasteiger partial charge in [0.2, 0.25) is 0 Å². The van der Waals surface area contributed by atoms with Crippen LogP contribution in [0.4, 0.5) is 0 Å². The number of fused-ring (bicyclic) bond motifs is 1. The lowest BCUT2D eigenvalue weighted by Gasteiger charge is -1.95. The van der Waals surface area contributed by atoms with Crippen LogP contribution in [0.2, 0.25) is 0 Å². The molecule has 0 aromatic carbocycles. The highest BCUT2D eigenvalue weighted by Gasteiger charge is 2.07. The number of nitrogens with zero attached hydrogens (tertiary/aromatic N) is 1. The molecule has 0 saturated carbocycles. The summed E-state index contributed by atoms with van der Waals surface area (Å²) in [5.74, 6) is 0.533. The number of ether oxygens (including phenoxy) is 1. The van der Waals surface area contributed by atoms with E-state index in [1.54, 1.807) is 7.11 Å². The highest BCUT2D eigenvalue weighted by atomic mass is 16.6. The van der Waals surface area contributed by atoms with Crippen LogP contribution in [0.25, 0.3) is 11.0 Å². The second-order valence-corrected chi connectivity index (χ2v) is 3.03. The molecule has 2 heterocycles. The molecule has 0 amide bonds. The van der Waals surface area contributed by atoms with E-state index in [-0.39, 0.29) is 0 Å². The lowest BCUT2D eigenvalue weighted by atomic mass is 10.2. The van der Waals surface area contributed by atoms with Gasteiger partial charge in [0.15, 0.2) is 0 Å². The van der Waals surface area contributed by atoms with Crippen LogP contribution in [0.5, 0.6) is 5.95 Å². The summed E-state index contributed by atoms with van der Waals surface area (Å²) in [7, 11) is 1.59. The van der Waals surface area contributed by atoms with Gasteiger partial charge in [-0.05, 0) is 13.8 Å². The van der Waals surface area contributed by atoms with Gasteiger partial charge in [0, 0.05) is 28.9 Å². The molecule has 68 valence electrons. The van der Waals surface area contributed by atoms with Crippen molar-refractivity contribution in [3.63, 3.8) is 0 Å². The molecule has 0 radical (unpaired) electrons. The zero-order valence-electron chi connectivity index (χ0n) is 7.92. The Bertz CT molecular complexity index is 445. The number of aromatic nitrogens is 1. The topological polar surface area (TPSA) is 35.3 Å². The third kappa shape index (κ3) is 1.26. The highest BCUT2D eigenvalue weighted by Crippen LogP contribution is 2.26. The maximum absolute atomic E-state index is 5.42. The standard InChI is InChI=1S/C10H11NO2/c1-6-4-9-8(7(2)11-6)5-10(12-3)13-9/h4-5H,1-3H3. The fourth-order valence-electron chi connectivity index (χ4n) is 1.42. The second kappa shape index (κ2) is 2.76. The molecule has 2 aromatic rings. The molecule has 0 unspecified atom stereocenters. The van der Waals surface area contributed by atoms with Crippen molar-refractivity contribution in [3.8, 4) is 5.95 Å². The summed E-state index contributed by atoms with van der Waals surface area (Å²) in [6.07, 6.45) is 0. The van der Waals surface area contributed by atoms with E-state index in [4.69, 9.17) is 9.15 Å². The van der Waals surface area contributed by atoms with Crippen LogP contribution in [-0.2, 0) is 0 Å². The van der Waals surface area contributed by atoms with E-state index in [1.165, 1.54) is 0 Å². The molecule has 0 saturated heterocycles. The van der Waals surface area contributed by atoms with Gasteiger partial charge in [-0.25, -0.2) is 0 Å². The van der Waals surface area contributed by atoms with Gasteiger partial charge >= 0.3 is 0 Å². The summed E-state index contributed by atoms with van der Waals surface area (Å²) in [5, 5.41) is 1.02. The van der Waals surface area contributed by atoms with E-state index in [2.05, 4.69) is 4.98 Å². The molecule has 3 nitrogen and oxygen atoms in total. The Balaban J connectivity index is 2.75. The van der Waals surface area contributed by atoms with Crippen molar-refractivity contribution in [3.05, 3.63) is 23.5 Å². The van der Waals surface area contributed by atoms with Gasteiger partial charge in [0.1, 0.15) is 5.58 Å². The van der Waals surface area contributed by atoms with Crippen LogP contribution in [0.1, 0.15) is 11.4 Å². The summed E-state index contributed by atoms with van der Waals surface area (Å²) in [5.41, 5.74) is 2.77. The van der Waals surface area contributed by atoms with Crippen molar-refractivity contribution in [1.29, 1.82) is 0 Å². The van der Waals surface area contributed by atoms with Crippen LogP contribution in [-0.4, -0.2) is 12.1 Å². The Morgan fingerprint density at radius 2 is 2.08 bits per heavy atom. The van der Waals surface area contributed by atoms with E-state index in [0.29, 0.717) is 5.95 Å². The maximum atomic E-state index is 5.42. The fourth-order valence-corrected chi connectivity index (χ4v) is 1.42. The lowest BCUT2D eigenvalue weighted by Crippen LogP contribution is -1.84. The Hall–Kier alpha value is -1.51. The average molecular weight is 177 g/mol. The van der Waals surface area contributed by atoms with Gasteiger partial charge < -0.3 is 9.15 Å². The van der Waals surface area contributed by atoms with Crippen molar-refractivity contribution in [2.45, 2.75) is 13.8 Å². The number of aryl methyl sites for hydroxylation is 2. The number of pyridine rings is 1. The van der Waals surface area contributed by atoms with Gasteiger partial charge in [-0.15, -0.1) is 0 Å². The number of rotatable bonds is 1. The van der Waals surface area contributed by atoms with E-state index in [1.807, 2.05) is 26.0 Å². The summed E-state index contributed by atoms with van der Waals surface area (Å²) in [4.78, 5) is 4.33. The minimum absolute atomic E-state index is 0.533. The predicted molar refractivity (Wildman–Crippen MR) is 50.0 cm³/mol. The largest absolute Gasteiger partial charge is 0.468 e. The minimum atomic E-state index is 0.533. The van der Waals surface area contributed by atoms with Crippen molar-refractivity contribution < 1.29 is 9.15 Å². The molecule has 0 atom stereocenters. The van der Waals surface area contributed by atoms with Crippen molar-refractivity contribution in [2.24, 2.45) is 0 Å². The Labute approximate surface area is 76.3 Å². The maximum Gasteiger partial charge on any atom is 0.285 e. The number of furan rings is 1. The van der Waals surface area contributed by atoms with Crippen molar-refractivity contribution in [2.75, 3.05) is 7.11 Å². The summed E-state index contributed by atoms with van der Waals surface area (Å²) >= 11 is 0. The SMILES string of the molecule is COc1cc2c(C)nc(C)cc2o1. The van der Waals surface area contributed by atoms with Crippen molar-refractivity contribution >= 4 is 11.0 Å². The minimum Gasteiger partial charge on any atom is -0.468 e. The number of hydrogen-bond donors (Lipinski definition) is 0. The fraction of sp³-hybridized carbons (Fsp3) is 0.300. The van der Waals surface area contributed by atoms with Crippen LogP contribution >= 0.6 is 0 Å². The first-order valence-corrected chi connectivity index (χ1v) is 4.12. The highest BCUT2D eigenvalue weighted by molar-refractivity contribution is 5.81. The Morgan fingerprint density at radius 3 is 2.77 bits per heavy atom. The molecule has 2 aromatic heterocycles. The molecule has 0 bridgehead atoms. The first kappa shape index (κ1) is 8.10. The average Bonchev–Trinajstić information content (AvgIpc) is 2.47. The Morgan fingerprint density at radius 1 is 1.31 bits per heavy atom. The van der Waals surface area contributed by atoms with Crippen LogP contribution in [0.3, 0.4) is 0 Å². The molecule has 3 heteroatoms. The van der Waals surface area contributed by atoms with Gasteiger partial charge in [-0.2, -0.15) is 0 Å². The van der Waals surface area contributed by atoms with E-state index >= 15 is 0 Å². The molecule has 2 rings (SSSR count). The van der Waals surface area contributed by atoms with Gasteiger partial charge in [-0.1, -0.05) is 0 Å². The summed E-state index contributed by atoms with van der Waals surface area (Å²) < 4.78 is 10.4. The lowest BCUT2D eigenvalue weighted by molar-refractivity contribution is 0.315. The molecular formula is C10H11NO2. The molecule has 0 spiro atoms. The Kier molecular flexibility index (Phi) is 1.72. The quantitative estimate of drug-likeness (QED) is 0.671. The molecule has 0 N–H and O–H groups in total. The molecule has 0 fully saturated rings. The first-order valence-electron chi connectivity index (χ1n) is 4.12. The van der Waals surface area contributed by atoms with Gasteiger partial charge in [0.05, 0.1) is 7.11 Å². The zero-order valence-corrected chi connectivity index (χ0v) is 7.92. The normalized spacial score (nSPS) is 10.7. The zero-order chi connectivity index (χ0) is 9.42. The molecule has 0 aliphatic heterocycles. The van der Waals surface area contributed by atoms with Gasteiger partial charge in [0.25, 0.3) is 5.95 Å². The third-order valence-electron chi connectivity index (χ3n) is 2.01. The van der Waals surface area contributed by atoms with E-state index in [0.717, 1.165) is 22.4 Å². The summed E-state index contributed by atoms with van der Waals surface area (Å²) in [6.45, 7) is 3.91. The van der Waals surface area contributed by atoms with E-state index in [9.17, 15) is 0 Å². The number of hydrogen-bond acceptors (Lipinski definition) is 3. The van der Waals surface area contributed by atoms with Crippen LogP contribution in [0, 0.1) is 13.8 Å². The van der Waals surface area contributed by atoms with E-state index < -0.39 is 0 Å². The first-order chi connectivity index (χ1) is 6.20. The molecular weight excluding hydrogens is 166 g/mol. The summed E-state index contributed by atoms with van der Waals surface area (Å²) in [6, 6.07) is 3.77. The predicted octanol–water partition coefficient (Wildman–Crippen LogP) is 2.45. The van der Waals surface area contributed by atoms with Crippen molar-refractivity contribution in [1.82, 2.24) is 4.98 Å². The molecule has 13 heavy (non-hydrogen) atoms. The number of methoxy groups -OCH3 is 1.